The number of hydrogen-bond acceptors (Lipinski definition) is 7. The fourth-order valence-electron chi connectivity index (χ4n) is 2.96. The number of nitrogens with zero attached hydrogens (tertiary/aromatic N) is 3. The van der Waals surface area contributed by atoms with E-state index in [2.05, 4.69) is 26.8 Å². The zero-order chi connectivity index (χ0) is 21.5. The number of thiazole rings is 1. The Balaban J connectivity index is 1.79. The van der Waals surface area contributed by atoms with Crippen LogP contribution in [0.2, 0.25) is 0 Å². The molecule has 7 nitrogen and oxygen atoms in total. The van der Waals surface area contributed by atoms with Crippen LogP contribution in [0.1, 0.15) is 39.9 Å². The second-order valence-corrected chi connectivity index (χ2v) is 8.15. The Morgan fingerprint density at radius 3 is 2.83 bits per heavy atom. The lowest BCUT2D eigenvalue weighted by Gasteiger charge is -2.16. The molecule has 3 aromatic rings. The molecule has 2 aromatic heterocycles. The second kappa shape index (κ2) is 7.16. The summed E-state index contributed by atoms with van der Waals surface area (Å²) in [5.74, 6) is 5.52. The van der Waals surface area contributed by atoms with Gasteiger partial charge >= 0.3 is 0 Å². The van der Waals surface area contributed by atoms with Crippen molar-refractivity contribution in [3.8, 4) is 28.8 Å². The highest BCUT2D eigenvalue weighted by Crippen LogP contribution is 2.45. The zero-order valence-electron chi connectivity index (χ0n) is 16.1. The van der Waals surface area contributed by atoms with Crippen molar-refractivity contribution < 1.29 is 19.0 Å². The van der Waals surface area contributed by atoms with Crippen LogP contribution in [0.15, 0.2) is 36.7 Å². The van der Waals surface area contributed by atoms with E-state index in [1.807, 2.05) is 0 Å². The lowest BCUT2D eigenvalue weighted by Crippen LogP contribution is -2.22. The Kier molecular flexibility index (Phi) is 4.76. The van der Waals surface area contributed by atoms with Gasteiger partial charge in [0.1, 0.15) is 12.4 Å². The summed E-state index contributed by atoms with van der Waals surface area (Å²) < 4.78 is 20.8. The molecule has 0 bridgehead atoms. The van der Waals surface area contributed by atoms with Crippen LogP contribution >= 0.6 is 11.3 Å². The Morgan fingerprint density at radius 1 is 1.40 bits per heavy atom. The van der Waals surface area contributed by atoms with Crippen LogP contribution in [0.4, 0.5) is 4.39 Å². The maximum Gasteiger partial charge on any atom is 0.277 e. The minimum absolute atomic E-state index is 0.0253. The third kappa shape index (κ3) is 3.63. The molecule has 0 fully saturated rings. The molecule has 0 aliphatic carbocycles. The molecular weight excluding hydrogens is 407 g/mol. The summed E-state index contributed by atoms with van der Waals surface area (Å²) >= 11 is 0.915. The van der Waals surface area contributed by atoms with E-state index in [0.29, 0.717) is 22.6 Å². The highest BCUT2D eigenvalue weighted by molar-refractivity contribution is 7.14. The molecule has 9 heteroatoms. The normalized spacial score (nSPS) is 19.2. The van der Waals surface area contributed by atoms with Crippen molar-refractivity contribution in [1.82, 2.24) is 15.0 Å². The van der Waals surface area contributed by atoms with E-state index in [0.717, 1.165) is 11.3 Å². The predicted octanol–water partition coefficient (Wildman–Crippen LogP) is 2.54. The number of carbonyl (C=O) groups excluding carboxylic acids is 1. The predicted molar refractivity (Wildman–Crippen MR) is 109 cm³/mol. The third-order valence-corrected chi connectivity index (χ3v) is 5.81. The second-order valence-electron chi connectivity index (χ2n) is 7.15. The molecule has 0 saturated carbocycles. The van der Waals surface area contributed by atoms with Gasteiger partial charge in [0.25, 0.3) is 5.91 Å². The monoisotopic (exact) mass is 424 g/mol. The van der Waals surface area contributed by atoms with Crippen LogP contribution in [-0.2, 0) is 11.3 Å². The summed E-state index contributed by atoms with van der Waals surface area (Å²) in [7, 11) is 0. The number of benzene rings is 1. The number of aromatic nitrogens is 3. The van der Waals surface area contributed by atoms with Crippen LogP contribution in [0.3, 0.4) is 0 Å². The maximum atomic E-state index is 15.2. The lowest BCUT2D eigenvalue weighted by atomic mass is 10.0. The highest BCUT2D eigenvalue weighted by Gasteiger charge is 2.38. The van der Waals surface area contributed by atoms with Crippen molar-refractivity contribution in [3.63, 3.8) is 0 Å². The van der Waals surface area contributed by atoms with Crippen LogP contribution in [0.5, 0.6) is 5.75 Å². The van der Waals surface area contributed by atoms with Crippen LogP contribution in [0, 0.1) is 11.8 Å². The van der Waals surface area contributed by atoms with E-state index in [4.69, 9.17) is 10.5 Å². The molecule has 4 rings (SSSR count). The molecule has 1 amide bonds. The number of hydrogen-bond donors (Lipinski definition) is 2. The number of rotatable bonds is 2. The Labute approximate surface area is 175 Å². The van der Waals surface area contributed by atoms with Gasteiger partial charge in [-0.3, -0.25) is 4.79 Å². The Morgan fingerprint density at radius 2 is 2.13 bits per heavy atom. The number of alkyl halides is 1. The van der Waals surface area contributed by atoms with Crippen LogP contribution in [-0.4, -0.2) is 32.6 Å². The standard InChI is InChI=1S/C21H17FN4O3S/c1-20(22)11-29-14-5-4-12(6-7-21(2,28)19-24-8-3-9-25-19)10-13(14)15-16(20)30-18(26-15)17(23)27/h3-5,8-10,28H,11H2,1-2H3,(H2,23,27)/t20-,21-/m1/s1. The number of ether oxygens (including phenoxy) is 1. The molecule has 1 aliphatic heterocycles. The van der Waals surface area contributed by atoms with Crippen molar-refractivity contribution in [2.75, 3.05) is 6.61 Å². The van der Waals surface area contributed by atoms with Crippen molar-refractivity contribution in [1.29, 1.82) is 0 Å². The number of halogens is 1. The summed E-state index contributed by atoms with van der Waals surface area (Å²) in [6.07, 6.45) is 3.04. The fraction of sp³-hybridized carbons (Fsp3) is 0.238. The van der Waals surface area contributed by atoms with Crippen LogP contribution in [0.25, 0.3) is 11.3 Å². The lowest BCUT2D eigenvalue weighted by molar-refractivity contribution is 0.0999. The smallest absolute Gasteiger partial charge is 0.277 e. The molecule has 30 heavy (non-hydrogen) atoms. The van der Waals surface area contributed by atoms with Gasteiger partial charge in [-0.05, 0) is 38.1 Å². The largest absolute Gasteiger partial charge is 0.489 e. The first-order valence-electron chi connectivity index (χ1n) is 8.98. The van der Waals surface area contributed by atoms with E-state index in [-0.39, 0.29) is 22.3 Å². The van der Waals surface area contributed by atoms with Gasteiger partial charge in [0, 0.05) is 23.5 Å². The minimum atomic E-state index is -1.83. The summed E-state index contributed by atoms with van der Waals surface area (Å²) in [4.78, 5) is 24.2. The SMILES string of the molecule is C[C@@](O)(C#Cc1ccc2c(c1)-c1nc(C(N)=O)sc1[C@](C)(F)CO2)c1ncccn1. The highest BCUT2D eigenvalue weighted by atomic mass is 32.1. The van der Waals surface area contributed by atoms with E-state index in [1.54, 1.807) is 24.3 Å². The van der Waals surface area contributed by atoms with Crippen LogP contribution < -0.4 is 10.5 Å². The molecule has 0 saturated heterocycles. The van der Waals surface area contributed by atoms with Crippen molar-refractivity contribution in [2.45, 2.75) is 25.1 Å². The van der Waals surface area contributed by atoms with E-state index >= 15 is 4.39 Å². The first-order valence-corrected chi connectivity index (χ1v) is 9.79. The Hall–Kier alpha value is -3.35. The average Bonchev–Trinajstić information content (AvgIpc) is 3.15. The number of fused-ring (bicyclic) bond motifs is 3. The summed E-state index contributed by atoms with van der Waals surface area (Å²) in [6, 6.07) is 6.66. The van der Waals surface area contributed by atoms with Gasteiger partial charge in [-0.25, -0.2) is 19.3 Å². The fourth-order valence-corrected chi connectivity index (χ4v) is 3.91. The van der Waals surface area contributed by atoms with Crippen molar-refractivity contribution >= 4 is 17.2 Å². The number of amides is 1. The Bertz CT molecular complexity index is 1200. The molecule has 1 aromatic carbocycles. The molecule has 0 unspecified atom stereocenters. The summed E-state index contributed by atoms with van der Waals surface area (Å²) in [5.41, 5.74) is 3.29. The van der Waals surface area contributed by atoms with E-state index in [1.165, 1.54) is 26.2 Å². The third-order valence-electron chi connectivity index (χ3n) is 4.50. The minimum Gasteiger partial charge on any atom is -0.489 e. The molecule has 2 atom stereocenters. The van der Waals surface area contributed by atoms with Gasteiger partial charge in [0.15, 0.2) is 22.1 Å². The molecule has 152 valence electrons. The van der Waals surface area contributed by atoms with Gasteiger partial charge in [-0.15, -0.1) is 11.3 Å². The molecule has 1 aliphatic rings. The summed E-state index contributed by atoms with van der Waals surface area (Å²) in [6.45, 7) is 2.64. The van der Waals surface area contributed by atoms with Gasteiger partial charge in [-0.2, -0.15) is 0 Å². The van der Waals surface area contributed by atoms with Gasteiger partial charge in [-0.1, -0.05) is 11.8 Å². The van der Waals surface area contributed by atoms with Gasteiger partial charge in [0.2, 0.25) is 0 Å². The number of carbonyl (C=O) groups is 1. The topological polar surface area (TPSA) is 111 Å². The number of aliphatic hydroxyl groups is 1. The first kappa shape index (κ1) is 19.9. The maximum absolute atomic E-state index is 15.2. The van der Waals surface area contributed by atoms with Gasteiger partial charge in [0.05, 0.1) is 10.6 Å². The summed E-state index contributed by atoms with van der Waals surface area (Å²) in [5, 5.41) is 10.6. The van der Waals surface area contributed by atoms with E-state index in [9.17, 15) is 9.90 Å². The molecule has 0 radical (unpaired) electrons. The zero-order valence-corrected chi connectivity index (χ0v) is 17.0. The molecule has 3 N–H and O–H groups in total. The molecule has 0 spiro atoms. The molecule has 3 heterocycles. The number of primary amides is 1. The van der Waals surface area contributed by atoms with Crippen molar-refractivity contribution in [3.05, 3.63) is 57.9 Å². The van der Waals surface area contributed by atoms with E-state index < -0.39 is 17.2 Å². The van der Waals surface area contributed by atoms with Gasteiger partial charge < -0.3 is 15.6 Å². The number of nitrogens with two attached hydrogens (primary N) is 1. The quantitative estimate of drug-likeness (QED) is 0.612. The molecular formula is C21H17FN4O3S. The van der Waals surface area contributed by atoms with Crippen molar-refractivity contribution in [2.24, 2.45) is 5.73 Å². The average molecular weight is 424 g/mol. The first-order chi connectivity index (χ1) is 14.2.